The molecule has 20 heteroatoms. The number of hydrogen-bond acceptors (Lipinski definition) is 12. The summed E-state index contributed by atoms with van der Waals surface area (Å²) >= 11 is 1.46. The first-order valence-electron chi connectivity index (χ1n) is 24.1. The standard InChI is InChI=1S/C49H70N10O8S2/c1-10-20-50-45(62)49-26-32(49)16-14-12-11-13-15-17-36(53-46(63)55-42(48(6,7)8)28-57-21-22-59(31(4)5)69(57,64)65)44(61)58-27-34(24-40(58)43(60)56-49)67-41-25-38(39-29-68-47(54-39)51-30(2)3)52-37-23-33(66-9)18-19-35(37)41/h10,14,16,18-19,23,25,29-32,34,36,40,42H,1,11-13,15,17,20-22,24,26-28H2,2-9H3,(H,50,62)(H,51,54)(H,56,60)(H2,53,55,63)/b16-14-/t32?,34-,36+,40+,42?,49-/m1/s1. The summed E-state index contributed by atoms with van der Waals surface area (Å²) in [5.74, 6) is -0.487. The van der Waals surface area contributed by atoms with Crippen LogP contribution in [0.25, 0.3) is 22.3 Å². The Hall–Kier alpha value is -5.31. The van der Waals surface area contributed by atoms with Crippen LogP contribution in [0.1, 0.15) is 93.4 Å². The second kappa shape index (κ2) is 21.4. The molecule has 6 atom stereocenters. The monoisotopic (exact) mass is 990 g/mol. The number of allylic oxidation sites excluding steroid dienone is 1. The second-order valence-electron chi connectivity index (χ2n) is 20.2. The number of rotatable bonds is 14. The first-order chi connectivity index (χ1) is 32.7. The Kier molecular flexibility index (Phi) is 16.0. The fourth-order valence-electron chi connectivity index (χ4n) is 9.30. The van der Waals surface area contributed by atoms with Crippen LogP contribution in [-0.4, -0.2) is 137 Å². The molecule has 1 saturated carbocycles. The number of carbonyl (C=O) groups is 4. The summed E-state index contributed by atoms with van der Waals surface area (Å²) in [6.07, 6.45) is 8.61. The molecule has 1 aromatic carbocycles. The fraction of sp³-hybridized carbons (Fsp3) is 0.592. The maximum atomic E-state index is 15.2. The number of fused-ring (bicyclic) bond motifs is 3. The topological polar surface area (TPSA) is 217 Å². The normalized spacial score (nSPS) is 25.4. The molecule has 3 aliphatic heterocycles. The minimum Gasteiger partial charge on any atom is -0.497 e. The molecule has 376 valence electrons. The van der Waals surface area contributed by atoms with Crippen LogP contribution in [0.15, 0.2) is 54.5 Å². The van der Waals surface area contributed by atoms with Crippen molar-refractivity contribution in [2.45, 2.75) is 135 Å². The van der Waals surface area contributed by atoms with Crippen LogP contribution in [0.4, 0.5) is 9.93 Å². The maximum Gasteiger partial charge on any atom is 0.315 e. The van der Waals surface area contributed by atoms with E-state index in [-0.39, 0.29) is 56.4 Å². The zero-order chi connectivity index (χ0) is 49.8. The summed E-state index contributed by atoms with van der Waals surface area (Å²) < 4.78 is 42.2. The number of nitrogens with zero attached hydrogens (tertiary/aromatic N) is 5. The van der Waals surface area contributed by atoms with Gasteiger partial charge in [-0.05, 0) is 70.9 Å². The zero-order valence-electron chi connectivity index (χ0n) is 41.2. The number of amides is 5. The van der Waals surface area contributed by atoms with E-state index in [0.717, 1.165) is 24.4 Å². The molecule has 18 nitrogen and oxygen atoms in total. The van der Waals surface area contributed by atoms with Crippen molar-refractivity contribution in [1.82, 2.24) is 44.7 Å². The van der Waals surface area contributed by atoms with Crippen LogP contribution in [0.2, 0.25) is 0 Å². The Morgan fingerprint density at radius 3 is 2.55 bits per heavy atom. The second-order valence-corrected chi connectivity index (χ2v) is 22.9. The fourth-order valence-corrected chi connectivity index (χ4v) is 11.9. The number of carbonyl (C=O) groups excluding carboxylic acids is 4. The Labute approximate surface area is 410 Å². The average Bonchev–Trinajstić information content (AvgIpc) is 3.55. The van der Waals surface area contributed by atoms with Crippen molar-refractivity contribution in [2.24, 2.45) is 11.3 Å². The summed E-state index contributed by atoms with van der Waals surface area (Å²) in [6.45, 7) is 18.2. The third kappa shape index (κ3) is 11.8. The molecule has 1 aliphatic carbocycles. The van der Waals surface area contributed by atoms with Crippen molar-refractivity contribution in [2.75, 3.05) is 45.2 Å². The number of anilines is 1. The molecule has 69 heavy (non-hydrogen) atoms. The first kappa shape index (κ1) is 51.5. The molecule has 0 bridgehead atoms. The lowest BCUT2D eigenvalue weighted by atomic mass is 9.86. The number of nitrogens with one attached hydrogen (secondary N) is 5. The molecule has 4 aliphatic rings. The highest BCUT2D eigenvalue weighted by molar-refractivity contribution is 7.87. The number of pyridine rings is 1. The third-order valence-electron chi connectivity index (χ3n) is 13.3. The van der Waals surface area contributed by atoms with E-state index in [2.05, 4.69) is 33.2 Å². The van der Waals surface area contributed by atoms with Crippen molar-refractivity contribution >= 4 is 61.3 Å². The predicted octanol–water partition coefficient (Wildman–Crippen LogP) is 5.59. The van der Waals surface area contributed by atoms with E-state index < -0.39 is 63.2 Å². The van der Waals surface area contributed by atoms with Gasteiger partial charge in [0, 0.05) is 79.5 Å². The third-order valence-corrected chi connectivity index (χ3v) is 16.3. The highest BCUT2D eigenvalue weighted by atomic mass is 32.2. The molecule has 5 N–H and O–H groups in total. The van der Waals surface area contributed by atoms with Gasteiger partial charge in [-0.3, -0.25) is 14.4 Å². The molecule has 2 saturated heterocycles. The van der Waals surface area contributed by atoms with Crippen molar-refractivity contribution in [3.05, 3.63) is 54.5 Å². The highest BCUT2D eigenvalue weighted by Gasteiger charge is 2.61. The van der Waals surface area contributed by atoms with Gasteiger partial charge >= 0.3 is 6.03 Å². The zero-order valence-corrected chi connectivity index (χ0v) is 42.8. The minimum atomic E-state index is -3.74. The molecule has 7 rings (SSSR count). The average molecular weight is 991 g/mol. The summed E-state index contributed by atoms with van der Waals surface area (Å²) in [6, 6.07) is 3.88. The molecule has 3 fully saturated rings. The van der Waals surface area contributed by atoms with Gasteiger partial charge in [0.2, 0.25) is 17.7 Å². The molecule has 0 spiro atoms. The molecule has 5 amide bonds. The molecule has 0 radical (unpaired) electrons. The van der Waals surface area contributed by atoms with E-state index >= 15 is 4.79 Å². The van der Waals surface area contributed by atoms with Crippen molar-refractivity contribution in [3.63, 3.8) is 0 Å². The van der Waals surface area contributed by atoms with E-state index in [1.165, 1.54) is 24.8 Å². The van der Waals surface area contributed by atoms with Gasteiger partial charge in [-0.15, -0.1) is 17.9 Å². The number of benzene rings is 1. The molecular formula is C49H70N10O8S2. The number of hydrogen-bond donors (Lipinski definition) is 5. The van der Waals surface area contributed by atoms with Crippen LogP contribution >= 0.6 is 11.3 Å². The van der Waals surface area contributed by atoms with Gasteiger partial charge in [-0.25, -0.2) is 14.8 Å². The van der Waals surface area contributed by atoms with E-state index in [4.69, 9.17) is 19.4 Å². The van der Waals surface area contributed by atoms with Crippen LogP contribution < -0.4 is 36.1 Å². The van der Waals surface area contributed by atoms with Gasteiger partial charge in [0.15, 0.2) is 5.13 Å². The number of aromatic nitrogens is 2. The summed E-state index contributed by atoms with van der Waals surface area (Å²) in [4.78, 5) is 69.1. The van der Waals surface area contributed by atoms with Gasteiger partial charge in [0.05, 0.1) is 24.9 Å². The molecule has 2 unspecified atom stereocenters. The van der Waals surface area contributed by atoms with Gasteiger partial charge in [0.1, 0.15) is 40.9 Å². The van der Waals surface area contributed by atoms with Gasteiger partial charge in [-0.2, -0.15) is 17.0 Å². The Bertz CT molecular complexity index is 2530. The lowest BCUT2D eigenvalue weighted by Gasteiger charge is -2.35. The molecular weight excluding hydrogens is 921 g/mol. The van der Waals surface area contributed by atoms with Gasteiger partial charge in [0.25, 0.3) is 10.2 Å². The number of urea groups is 1. The molecule has 5 heterocycles. The van der Waals surface area contributed by atoms with Crippen LogP contribution in [-0.2, 0) is 24.6 Å². The SMILES string of the molecule is C=CCNC(=O)[C@@]12CC1/C=C\CCCCC[C@H](NC(=O)NC(CN1CCN(C(C)C)S1(=O)=O)C(C)(C)C)C(=O)N1C[C@H](Oc3cc(-c4csc(NC(C)C)n4)nc4cc(OC)ccc34)C[C@H]1C(=O)N2. The number of ether oxygens (including phenoxy) is 2. The Balaban J connectivity index is 1.20. The largest absolute Gasteiger partial charge is 0.497 e. The predicted molar refractivity (Wildman–Crippen MR) is 268 cm³/mol. The van der Waals surface area contributed by atoms with E-state index in [1.54, 1.807) is 13.2 Å². The molecule has 3 aromatic rings. The Morgan fingerprint density at radius 1 is 1.07 bits per heavy atom. The summed E-state index contributed by atoms with van der Waals surface area (Å²) in [7, 11) is -2.16. The van der Waals surface area contributed by atoms with Gasteiger partial charge in [-0.1, -0.05) is 51.8 Å². The molecule has 2 aromatic heterocycles. The van der Waals surface area contributed by atoms with Crippen LogP contribution in [0.5, 0.6) is 11.5 Å². The van der Waals surface area contributed by atoms with E-state index in [0.29, 0.717) is 59.7 Å². The van der Waals surface area contributed by atoms with Crippen molar-refractivity contribution < 1.29 is 37.1 Å². The summed E-state index contributed by atoms with van der Waals surface area (Å²) in [5.41, 5.74) is 0.0110. The number of methoxy groups -OCH3 is 1. The van der Waals surface area contributed by atoms with E-state index in [9.17, 15) is 22.8 Å². The van der Waals surface area contributed by atoms with E-state index in [1.807, 2.05) is 90.3 Å². The van der Waals surface area contributed by atoms with Gasteiger partial charge < -0.3 is 41.0 Å². The van der Waals surface area contributed by atoms with Crippen molar-refractivity contribution in [3.8, 4) is 22.9 Å². The smallest absolute Gasteiger partial charge is 0.315 e. The van der Waals surface area contributed by atoms with Crippen LogP contribution in [0, 0.1) is 11.3 Å². The lowest BCUT2D eigenvalue weighted by Crippen LogP contribution is -2.59. The highest BCUT2D eigenvalue weighted by Crippen LogP contribution is 2.46. The van der Waals surface area contributed by atoms with Crippen LogP contribution in [0.3, 0.4) is 0 Å². The van der Waals surface area contributed by atoms with Crippen molar-refractivity contribution in [1.29, 1.82) is 0 Å². The lowest BCUT2D eigenvalue weighted by molar-refractivity contribution is -0.141. The first-order valence-corrected chi connectivity index (χ1v) is 26.4. The maximum absolute atomic E-state index is 15.2. The Morgan fingerprint density at radius 2 is 1.86 bits per heavy atom. The summed E-state index contributed by atoms with van der Waals surface area (Å²) in [5, 5.41) is 18.6. The number of thiazole rings is 1. The minimum absolute atomic E-state index is 0.00599. The quantitative estimate of drug-likeness (QED) is 0.126.